The van der Waals surface area contributed by atoms with E-state index < -0.39 is 6.04 Å². The number of nitrogens with two attached hydrogens (primary N) is 2. The smallest absolute Gasteiger partial charge is 0.307 e. The Morgan fingerprint density at radius 1 is 1.00 bits per heavy atom. The van der Waals surface area contributed by atoms with E-state index in [1.54, 1.807) is 5.57 Å². The molecule has 9 atom stereocenters. The Bertz CT molecular complexity index is 949. The molecule has 5 unspecified atom stereocenters. The number of rotatable bonds is 14. The van der Waals surface area contributed by atoms with Crippen LogP contribution in [0.25, 0.3) is 0 Å². The summed E-state index contributed by atoms with van der Waals surface area (Å²) in [6.07, 6.45) is 18.9. The second-order valence-corrected chi connectivity index (χ2v) is 15.6. The predicted octanol–water partition coefficient (Wildman–Crippen LogP) is 6.90. The lowest BCUT2D eigenvalue weighted by molar-refractivity contribution is -0.151. The highest BCUT2D eigenvalue weighted by atomic mass is 16.5. The fourth-order valence-electron chi connectivity index (χ4n) is 10.1. The lowest BCUT2D eigenvalue weighted by Crippen LogP contribution is -2.51. The number of amides is 1. The van der Waals surface area contributed by atoms with Crippen molar-refractivity contribution in [2.75, 3.05) is 13.1 Å². The first-order valence-corrected chi connectivity index (χ1v) is 17.6. The third-order valence-corrected chi connectivity index (χ3v) is 12.5. The number of unbranched alkanes of at least 4 members (excludes halogenated alkanes) is 1. The summed E-state index contributed by atoms with van der Waals surface area (Å²) < 4.78 is 5.94. The second-order valence-electron chi connectivity index (χ2n) is 15.6. The fraction of sp³-hybridized carbons (Fsp3) is 0.889. The van der Waals surface area contributed by atoms with Crippen molar-refractivity contribution in [2.45, 2.75) is 143 Å². The Morgan fingerprint density at radius 3 is 2.52 bits per heavy atom. The molecule has 0 spiro atoms. The molecule has 4 aliphatic rings. The molecule has 1 amide bonds. The minimum atomic E-state index is -0.545. The number of hydrogen-bond donors (Lipinski definition) is 3. The Hall–Kier alpha value is -1.40. The number of allylic oxidation sites excluding steroid dienone is 1. The maximum atomic E-state index is 12.6. The van der Waals surface area contributed by atoms with Crippen molar-refractivity contribution in [3.8, 4) is 0 Å². The van der Waals surface area contributed by atoms with E-state index in [0.717, 1.165) is 67.6 Å². The van der Waals surface area contributed by atoms with Crippen molar-refractivity contribution in [1.82, 2.24) is 5.32 Å². The zero-order valence-corrected chi connectivity index (χ0v) is 27.6. The highest BCUT2D eigenvalue weighted by Gasteiger charge is 2.59. The van der Waals surface area contributed by atoms with Crippen LogP contribution in [0.3, 0.4) is 0 Å². The van der Waals surface area contributed by atoms with Gasteiger partial charge in [0.05, 0.1) is 12.5 Å². The van der Waals surface area contributed by atoms with E-state index in [1.165, 1.54) is 51.4 Å². The van der Waals surface area contributed by atoms with Crippen LogP contribution in [0.2, 0.25) is 0 Å². The molecule has 6 nitrogen and oxygen atoms in total. The van der Waals surface area contributed by atoms with Crippen LogP contribution in [-0.4, -0.2) is 37.1 Å². The molecule has 0 aromatic heterocycles. The molecule has 3 fully saturated rings. The van der Waals surface area contributed by atoms with Gasteiger partial charge >= 0.3 is 5.97 Å². The monoisotopic (exact) mass is 585 g/mol. The first kappa shape index (κ1) is 33.5. The van der Waals surface area contributed by atoms with Crippen molar-refractivity contribution < 1.29 is 14.3 Å². The highest BCUT2D eigenvalue weighted by Crippen LogP contribution is 2.67. The standard InChI is InChI=1S/C36H63N3O3/c1-24(2)9-8-10-25(3)29-14-15-30-28-13-12-26-23-27(16-19-35(26,4)31(28)17-20-36(29,30)5)42-33(40)18-22-39-34(41)32(38)11-6-7-21-37/h12,24-25,27-32H,6-11,13-23,37-38H2,1-5H3,(H,39,41)/t25-,27?,28?,29-,30?,31?,32?,35+,36-/m1/s1. The van der Waals surface area contributed by atoms with Crippen LogP contribution in [0.15, 0.2) is 11.6 Å². The third-order valence-electron chi connectivity index (χ3n) is 12.5. The summed E-state index contributed by atoms with van der Waals surface area (Å²) in [6.45, 7) is 13.3. The van der Waals surface area contributed by atoms with E-state index in [4.69, 9.17) is 16.2 Å². The fourth-order valence-corrected chi connectivity index (χ4v) is 10.1. The van der Waals surface area contributed by atoms with Gasteiger partial charge in [-0.3, -0.25) is 9.59 Å². The molecule has 0 radical (unpaired) electrons. The summed E-state index contributed by atoms with van der Waals surface area (Å²) in [4.78, 5) is 24.8. The Kier molecular flexibility index (Phi) is 11.6. The van der Waals surface area contributed by atoms with E-state index in [2.05, 4.69) is 46.0 Å². The molecule has 0 saturated heterocycles. The van der Waals surface area contributed by atoms with Crippen molar-refractivity contribution >= 4 is 11.9 Å². The maximum Gasteiger partial charge on any atom is 0.307 e. The van der Waals surface area contributed by atoms with Crippen molar-refractivity contribution in [3.05, 3.63) is 11.6 Å². The predicted molar refractivity (Wildman–Crippen MR) is 171 cm³/mol. The molecule has 0 bridgehead atoms. The first-order valence-electron chi connectivity index (χ1n) is 17.6. The van der Waals surface area contributed by atoms with Crippen molar-refractivity contribution in [1.29, 1.82) is 0 Å². The molecule has 4 aliphatic carbocycles. The maximum absolute atomic E-state index is 12.6. The molecule has 6 heteroatoms. The Balaban J connectivity index is 1.27. The third kappa shape index (κ3) is 7.45. The minimum Gasteiger partial charge on any atom is -0.462 e. The average Bonchev–Trinajstić information content (AvgIpc) is 3.30. The zero-order valence-electron chi connectivity index (χ0n) is 27.6. The molecule has 3 saturated carbocycles. The number of carbonyl (C=O) groups is 2. The topological polar surface area (TPSA) is 107 Å². The van der Waals surface area contributed by atoms with Gasteiger partial charge < -0.3 is 21.5 Å². The minimum absolute atomic E-state index is 0.0426. The van der Waals surface area contributed by atoms with Crippen molar-refractivity contribution in [2.24, 2.45) is 57.8 Å². The van der Waals surface area contributed by atoms with Crippen LogP contribution >= 0.6 is 0 Å². The Morgan fingerprint density at radius 2 is 1.79 bits per heavy atom. The molecule has 4 rings (SSSR count). The van der Waals surface area contributed by atoms with Gasteiger partial charge in [0.1, 0.15) is 6.10 Å². The van der Waals surface area contributed by atoms with Gasteiger partial charge in [0, 0.05) is 13.0 Å². The molecular formula is C36H63N3O3. The molecule has 42 heavy (non-hydrogen) atoms. The number of ether oxygens (including phenoxy) is 1. The molecule has 240 valence electrons. The Labute approximate surface area is 256 Å². The van der Waals surface area contributed by atoms with Gasteiger partial charge in [-0.1, -0.05) is 72.0 Å². The molecule has 0 heterocycles. The average molecular weight is 586 g/mol. The number of esters is 1. The first-order chi connectivity index (χ1) is 20.0. The van der Waals surface area contributed by atoms with Crippen LogP contribution in [0, 0.1) is 46.3 Å². The van der Waals surface area contributed by atoms with E-state index in [-0.39, 0.29) is 36.4 Å². The van der Waals surface area contributed by atoms with Crippen LogP contribution < -0.4 is 16.8 Å². The summed E-state index contributed by atoms with van der Waals surface area (Å²) in [6, 6.07) is -0.545. The quantitative estimate of drug-likeness (QED) is 0.117. The van der Waals surface area contributed by atoms with Crippen molar-refractivity contribution in [3.63, 3.8) is 0 Å². The highest BCUT2D eigenvalue weighted by molar-refractivity contribution is 5.82. The SMILES string of the molecule is CC(C)CCC[C@@H](C)[C@H]1CCC2C3CC=C4CC(OC(=O)CCNC(=O)C(N)CCCCN)CC[C@]4(C)C3CC[C@@]21C. The number of carbonyl (C=O) groups excluding carboxylic acids is 2. The zero-order chi connectivity index (χ0) is 30.5. The van der Waals surface area contributed by atoms with Gasteiger partial charge in [0.25, 0.3) is 0 Å². The molecule has 0 aromatic rings. The van der Waals surface area contributed by atoms with Gasteiger partial charge in [-0.25, -0.2) is 0 Å². The largest absolute Gasteiger partial charge is 0.462 e. The molecule has 0 aliphatic heterocycles. The number of fused-ring (bicyclic) bond motifs is 5. The van der Waals surface area contributed by atoms with Gasteiger partial charge in [0.15, 0.2) is 0 Å². The second kappa shape index (κ2) is 14.6. The van der Waals surface area contributed by atoms with E-state index in [9.17, 15) is 9.59 Å². The summed E-state index contributed by atoms with van der Waals surface area (Å²) in [5.41, 5.74) is 13.8. The molecular weight excluding hydrogens is 522 g/mol. The lowest BCUT2D eigenvalue weighted by Gasteiger charge is -2.58. The normalized spacial score (nSPS) is 35.4. The van der Waals surface area contributed by atoms with E-state index in [0.29, 0.717) is 18.4 Å². The summed E-state index contributed by atoms with van der Waals surface area (Å²) in [5, 5.41) is 2.80. The van der Waals surface area contributed by atoms with Crippen LogP contribution in [0.4, 0.5) is 0 Å². The van der Waals surface area contributed by atoms with Crippen LogP contribution in [-0.2, 0) is 14.3 Å². The molecule has 0 aromatic carbocycles. The summed E-state index contributed by atoms with van der Waals surface area (Å²) in [5.74, 6) is 4.58. The molecule has 5 N–H and O–H groups in total. The summed E-state index contributed by atoms with van der Waals surface area (Å²) in [7, 11) is 0. The summed E-state index contributed by atoms with van der Waals surface area (Å²) >= 11 is 0. The number of nitrogens with one attached hydrogen (secondary N) is 1. The van der Waals surface area contributed by atoms with Gasteiger partial charge in [-0.15, -0.1) is 0 Å². The number of hydrogen-bond acceptors (Lipinski definition) is 5. The van der Waals surface area contributed by atoms with Crippen LogP contribution in [0.1, 0.15) is 131 Å². The van der Waals surface area contributed by atoms with E-state index in [1.807, 2.05) is 0 Å². The van der Waals surface area contributed by atoms with Gasteiger partial charge in [-0.2, -0.15) is 0 Å². The van der Waals surface area contributed by atoms with Crippen LogP contribution in [0.5, 0.6) is 0 Å². The van der Waals surface area contributed by atoms with E-state index >= 15 is 0 Å². The lowest BCUT2D eigenvalue weighted by atomic mass is 9.47. The van der Waals surface area contributed by atoms with Gasteiger partial charge in [0.2, 0.25) is 5.91 Å². The van der Waals surface area contributed by atoms with Gasteiger partial charge in [-0.05, 0) is 111 Å².